The third kappa shape index (κ3) is 1.61. The summed E-state index contributed by atoms with van der Waals surface area (Å²) in [5.74, 6) is 0.158. The van der Waals surface area contributed by atoms with Gasteiger partial charge in [0.25, 0.3) is 5.91 Å². The zero-order valence-corrected chi connectivity index (χ0v) is 9.19. The van der Waals surface area contributed by atoms with Gasteiger partial charge in [-0.2, -0.15) is 0 Å². The molecule has 3 rings (SSSR count). The topological polar surface area (TPSA) is 29.5 Å². The first kappa shape index (κ1) is 9.85. The van der Waals surface area contributed by atoms with E-state index in [0.717, 1.165) is 43.7 Å². The summed E-state index contributed by atoms with van der Waals surface area (Å²) in [5, 5.41) is 0. The summed E-state index contributed by atoms with van der Waals surface area (Å²) < 4.78 is 5.57. The van der Waals surface area contributed by atoms with E-state index in [1.54, 1.807) is 0 Å². The molecule has 0 spiro atoms. The molecule has 16 heavy (non-hydrogen) atoms. The van der Waals surface area contributed by atoms with Gasteiger partial charge in [-0.15, -0.1) is 0 Å². The second-order valence-corrected chi connectivity index (χ2v) is 4.48. The van der Waals surface area contributed by atoms with E-state index in [9.17, 15) is 4.79 Å². The monoisotopic (exact) mass is 217 g/mol. The van der Waals surface area contributed by atoms with Crippen LogP contribution in [0.15, 0.2) is 24.3 Å². The van der Waals surface area contributed by atoms with Crippen molar-refractivity contribution in [1.82, 2.24) is 4.90 Å². The molecule has 0 bridgehead atoms. The first-order chi connectivity index (χ1) is 7.84. The van der Waals surface area contributed by atoms with E-state index in [4.69, 9.17) is 4.74 Å². The average molecular weight is 217 g/mol. The number of carbonyl (C=O) groups is 1. The molecule has 0 aromatic heterocycles. The summed E-state index contributed by atoms with van der Waals surface area (Å²) in [7, 11) is 0. The van der Waals surface area contributed by atoms with Gasteiger partial charge in [-0.1, -0.05) is 18.2 Å². The van der Waals surface area contributed by atoms with Crippen LogP contribution in [0.2, 0.25) is 0 Å². The molecule has 2 aliphatic heterocycles. The average Bonchev–Trinajstić information content (AvgIpc) is 2.90. The van der Waals surface area contributed by atoms with Crippen molar-refractivity contribution < 1.29 is 9.53 Å². The molecule has 3 nitrogen and oxygen atoms in total. The van der Waals surface area contributed by atoms with Gasteiger partial charge >= 0.3 is 0 Å². The largest absolute Gasteiger partial charge is 0.376 e. The lowest BCUT2D eigenvalue weighted by Gasteiger charge is -2.19. The number of amides is 1. The molecule has 2 aliphatic rings. The van der Waals surface area contributed by atoms with Crippen molar-refractivity contribution >= 4 is 5.91 Å². The van der Waals surface area contributed by atoms with Gasteiger partial charge in [0.15, 0.2) is 0 Å². The smallest absolute Gasteiger partial charge is 0.254 e. The highest BCUT2D eigenvalue weighted by molar-refractivity contribution is 5.98. The minimum atomic E-state index is 0.158. The Morgan fingerprint density at radius 1 is 1.38 bits per heavy atom. The normalized spacial score (nSPS) is 23.9. The summed E-state index contributed by atoms with van der Waals surface area (Å²) in [6, 6.07) is 7.85. The highest BCUT2D eigenvalue weighted by Gasteiger charge is 2.29. The maximum Gasteiger partial charge on any atom is 0.254 e. The van der Waals surface area contributed by atoms with Crippen LogP contribution in [-0.2, 0) is 11.3 Å². The molecule has 0 saturated carbocycles. The van der Waals surface area contributed by atoms with Crippen LogP contribution in [0.3, 0.4) is 0 Å². The lowest BCUT2D eigenvalue weighted by atomic mass is 10.1. The number of rotatable bonds is 2. The SMILES string of the molecule is O=C1c2ccccc2CN1C[C@@H]1CCCO1. The van der Waals surface area contributed by atoms with Crippen molar-refractivity contribution in [2.45, 2.75) is 25.5 Å². The van der Waals surface area contributed by atoms with Crippen LogP contribution in [0.4, 0.5) is 0 Å². The first-order valence-electron chi connectivity index (χ1n) is 5.83. The van der Waals surface area contributed by atoms with Gasteiger partial charge in [-0.05, 0) is 24.5 Å². The maximum atomic E-state index is 12.1. The summed E-state index contributed by atoms with van der Waals surface area (Å²) in [6.07, 6.45) is 2.46. The molecule has 1 atom stereocenters. The van der Waals surface area contributed by atoms with Crippen LogP contribution in [0.5, 0.6) is 0 Å². The van der Waals surface area contributed by atoms with Crippen molar-refractivity contribution in [3.05, 3.63) is 35.4 Å². The summed E-state index contributed by atoms with van der Waals surface area (Å²) >= 11 is 0. The Bertz CT molecular complexity index is 410. The third-order valence-electron chi connectivity index (χ3n) is 3.34. The fraction of sp³-hybridized carbons (Fsp3) is 0.462. The van der Waals surface area contributed by atoms with Gasteiger partial charge in [-0.3, -0.25) is 4.79 Å². The lowest BCUT2D eigenvalue weighted by Crippen LogP contribution is -2.32. The van der Waals surface area contributed by atoms with E-state index in [1.807, 2.05) is 29.2 Å². The van der Waals surface area contributed by atoms with Crippen LogP contribution in [0.25, 0.3) is 0 Å². The minimum Gasteiger partial charge on any atom is -0.376 e. The molecule has 0 aliphatic carbocycles. The van der Waals surface area contributed by atoms with Crippen molar-refractivity contribution in [3.63, 3.8) is 0 Å². The molecule has 1 aromatic carbocycles. The lowest BCUT2D eigenvalue weighted by molar-refractivity contribution is 0.0545. The number of nitrogens with zero attached hydrogens (tertiary/aromatic N) is 1. The fourth-order valence-electron chi connectivity index (χ4n) is 2.50. The molecule has 2 heterocycles. The maximum absolute atomic E-state index is 12.1. The molecule has 1 saturated heterocycles. The third-order valence-corrected chi connectivity index (χ3v) is 3.34. The van der Waals surface area contributed by atoms with Gasteiger partial charge in [0.05, 0.1) is 6.10 Å². The predicted octanol–water partition coefficient (Wildman–Crippen LogP) is 1.82. The van der Waals surface area contributed by atoms with Crippen molar-refractivity contribution in [2.24, 2.45) is 0 Å². The molecule has 1 amide bonds. The number of carbonyl (C=O) groups excluding carboxylic acids is 1. The quantitative estimate of drug-likeness (QED) is 0.756. The van der Waals surface area contributed by atoms with Gasteiger partial charge in [0.1, 0.15) is 0 Å². The van der Waals surface area contributed by atoms with Crippen LogP contribution >= 0.6 is 0 Å². The van der Waals surface area contributed by atoms with E-state index >= 15 is 0 Å². The number of hydrogen-bond acceptors (Lipinski definition) is 2. The van der Waals surface area contributed by atoms with E-state index in [1.165, 1.54) is 0 Å². The molecule has 0 N–H and O–H groups in total. The van der Waals surface area contributed by atoms with Crippen molar-refractivity contribution in [1.29, 1.82) is 0 Å². The molecular formula is C13H15NO2. The van der Waals surface area contributed by atoms with Crippen LogP contribution in [0.1, 0.15) is 28.8 Å². The molecule has 1 fully saturated rings. The second kappa shape index (κ2) is 3.91. The van der Waals surface area contributed by atoms with Crippen molar-refractivity contribution in [2.75, 3.05) is 13.2 Å². The second-order valence-electron chi connectivity index (χ2n) is 4.48. The summed E-state index contributed by atoms with van der Waals surface area (Å²) in [6.45, 7) is 2.34. The van der Waals surface area contributed by atoms with E-state index in [-0.39, 0.29) is 12.0 Å². The Morgan fingerprint density at radius 3 is 3.00 bits per heavy atom. The number of benzene rings is 1. The van der Waals surface area contributed by atoms with Gasteiger partial charge in [0.2, 0.25) is 0 Å². The fourth-order valence-corrected chi connectivity index (χ4v) is 2.50. The van der Waals surface area contributed by atoms with Gasteiger partial charge < -0.3 is 9.64 Å². The zero-order chi connectivity index (χ0) is 11.0. The zero-order valence-electron chi connectivity index (χ0n) is 9.19. The molecule has 0 radical (unpaired) electrons. The molecule has 84 valence electrons. The summed E-state index contributed by atoms with van der Waals surface area (Å²) in [5.41, 5.74) is 2.01. The van der Waals surface area contributed by atoms with E-state index in [0.29, 0.717) is 0 Å². The highest BCUT2D eigenvalue weighted by atomic mass is 16.5. The Kier molecular flexibility index (Phi) is 2.40. The summed E-state index contributed by atoms with van der Waals surface area (Å²) in [4.78, 5) is 14.0. The molecular weight excluding hydrogens is 202 g/mol. The number of fused-ring (bicyclic) bond motifs is 1. The van der Waals surface area contributed by atoms with Gasteiger partial charge in [0, 0.05) is 25.3 Å². The number of ether oxygens (including phenoxy) is 1. The Hall–Kier alpha value is -1.35. The number of hydrogen-bond donors (Lipinski definition) is 0. The van der Waals surface area contributed by atoms with E-state index in [2.05, 4.69) is 0 Å². The Labute approximate surface area is 95.0 Å². The van der Waals surface area contributed by atoms with Crippen LogP contribution < -0.4 is 0 Å². The first-order valence-corrected chi connectivity index (χ1v) is 5.83. The molecule has 0 unspecified atom stereocenters. The van der Waals surface area contributed by atoms with Crippen LogP contribution in [0, 0.1) is 0 Å². The Balaban J connectivity index is 1.74. The predicted molar refractivity (Wildman–Crippen MR) is 60.2 cm³/mol. The van der Waals surface area contributed by atoms with Crippen molar-refractivity contribution in [3.8, 4) is 0 Å². The van der Waals surface area contributed by atoms with Gasteiger partial charge in [-0.25, -0.2) is 0 Å². The Morgan fingerprint density at radius 2 is 2.25 bits per heavy atom. The van der Waals surface area contributed by atoms with Crippen LogP contribution in [-0.4, -0.2) is 30.1 Å². The highest BCUT2D eigenvalue weighted by Crippen LogP contribution is 2.24. The standard InChI is InChI=1S/C13H15NO2/c15-13-12-6-2-1-4-10(12)8-14(13)9-11-5-3-7-16-11/h1-2,4,6,11H,3,5,7-9H2/t11-/m0/s1. The van der Waals surface area contributed by atoms with E-state index < -0.39 is 0 Å². The molecule has 1 aromatic rings. The minimum absolute atomic E-state index is 0.158. The molecule has 3 heteroatoms.